The molecule has 1 atom stereocenters. The molecule has 0 saturated carbocycles. The van der Waals surface area contributed by atoms with Gasteiger partial charge in [0.1, 0.15) is 6.04 Å². The molecule has 1 aromatic carbocycles. The maximum Gasteiger partial charge on any atom is 0.253 e. The molecule has 1 aliphatic rings. The van der Waals surface area contributed by atoms with Crippen LogP contribution in [0.5, 0.6) is 0 Å². The molecule has 2 amide bonds. The van der Waals surface area contributed by atoms with Crippen LogP contribution in [0, 0.1) is 13.8 Å². The Morgan fingerprint density at radius 3 is 2.54 bits per heavy atom. The predicted octanol–water partition coefficient (Wildman–Crippen LogP) is 4.41. The summed E-state index contributed by atoms with van der Waals surface area (Å²) in [5.74, 6) is 0.113. The quantitative estimate of drug-likeness (QED) is 0.479. The molecule has 8 nitrogen and oxygen atoms in total. The Hall–Kier alpha value is -3.68. The number of aryl methyl sites for hydroxylation is 2. The highest BCUT2D eigenvalue weighted by atomic mass is 16.2. The van der Waals surface area contributed by atoms with Gasteiger partial charge in [-0.25, -0.2) is 9.67 Å². The third kappa shape index (κ3) is 6.07. The van der Waals surface area contributed by atoms with E-state index in [9.17, 15) is 9.59 Å². The lowest BCUT2D eigenvalue weighted by atomic mass is 10.1. The number of amides is 2. The summed E-state index contributed by atoms with van der Waals surface area (Å²) in [5, 5.41) is 10.3. The minimum atomic E-state index is -0.631. The number of unbranched alkanes of at least 4 members (excludes halogenated alkanes) is 1. The maximum atomic E-state index is 13.1. The number of hydrogen-bond donors (Lipinski definition) is 2. The number of nitrogens with one attached hydrogen (secondary N) is 2. The normalized spacial score (nSPS) is 14.1. The Kier molecular flexibility index (Phi) is 7.80. The van der Waals surface area contributed by atoms with Gasteiger partial charge in [0.05, 0.1) is 11.3 Å². The molecule has 0 aliphatic carbocycles. The molecule has 3 aromatic rings. The fourth-order valence-corrected chi connectivity index (χ4v) is 4.41. The average Bonchev–Trinajstić information content (AvgIpc) is 3.51. The molecule has 8 heteroatoms. The smallest absolute Gasteiger partial charge is 0.253 e. The van der Waals surface area contributed by atoms with Crippen LogP contribution in [-0.2, 0) is 4.79 Å². The van der Waals surface area contributed by atoms with Gasteiger partial charge in [-0.3, -0.25) is 9.59 Å². The van der Waals surface area contributed by atoms with Crippen LogP contribution in [-0.4, -0.2) is 45.7 Å². The van der Waals surface area contributed by atoms with Gasteiger partial charge in [0.2, 0.25) is 5.91 Å². The van der Waals surface area contributed by atoms with Crippen molar-refractivity contribution in [2.75, 3.05) is 23.3 Å². The summed E-state index contributed by atoms with van der Waals surface area (Å²) in [6, 6.07) is 12.7. The molecule has 3 heterocycles. The van der Waals surface area contributed by atoms with Crippen molar-refractivity contribution in [1.82, 2.24) is 20.1 Å². The Bertz CT molecular complexity index is 1160. The van der Waals surface area contributed by atoms with Gasteiger partial charge in [0, 0.05) is 36.4 Å². The van der Waals surface area contributed by atoms with Crippen LogP contribution in [0.2, 0.25) is 0 Å². The standard InChI is InChI=1S/C27H34N6O2/c1-4-5-11-24(27(35)29-22-9-8-10-23(17-22)32-14-6-7-15-32)30-26(34)21-12-13-25(28-18-21)33-20(3)16-19(2)31-33/h8-10,12-13,16-18,24H,4-7,11,14-15H2,1-3H3,(H,29,35)(H,30,34). The molecule has 4 rings (SSSR count). The molecule has 1 aliphatic heterocycles. The van der Waals surface area contributed by atoms with Gasteiger partial charge >= 0.3 is 0 Å². The summed E-state index contributed by atoms with van der Waals surface area (Å²) >= 11 is 0. The van der Waals surface area contributed by atoms with Crippen LogP contribution < -0.4 is 15.5 Å². The van der Waals surface area contributed by atoms with Gasteiger partial charge in [-0.2, -0.15) is 5.10 Å². The van der Waals surface area contributed by atoms with E-state index in [1.165, 1.54) is 19.0 Å². The number of carbonyl (C=O) groups excluding carboxylic acids is 2. The molecule has 2 N–H and O–H groups in total. The zero-order valence-corrected chi connectivity index (χ0v) is 20.8. The van der Waals surface area contributed by atoms with Gasteiger partial charge < -0.3 is 15.5 Å². The molecule has 1 fully saturated rings. The first-order chi connectivity index (χ1) is 16.9. The van der Waals surface area contributed by atoms with Crippen molar-refractivity contribution < 1.29 is 9.59 Å². The number of rotatable bonds is 9. The third-order valence-corrected chi connectivity index (χ3v) is 6.29. The van der Waals surface area contributed by atoms with E-state index >= 15 is 0 Å². The van der Waals surface area contributed by atoms with Crippen LogP contribution in [0.4, 0.5) is 11.4 Å². The van der Waals surface area contributed by atoms with Crippen LogP contribution >= 0.6 is 0 Å². The molecule has 35 heavy (non-hydrogen) atoms. The van der Waals surface area contributed by atoms with Crippen molar-refractivity contribution in [2.24, 2.45) is 0 Å². The second kappa shape index (κ2) is 11.2. The lowest BCUT2D eigenvalue weighted by Gasteiger charge is -2.21. The maximum absolute atomic E-state index is 13.1. The Morgan fingerprint density at radius 1 is 1.09 bits per heavy atom. The van der Waals surface area contributed by atoms with E-state index in [0.717, 1.165) is 48.7 Å². The minimum Gasteiger partial charge on any atom is -0.371 e. The first kappa shape index (κ1) is 24.4. The summed E-state index contributed by atoms with van der Waals surface area (Å²) in [6.45, 7) is 8.03. The highest BCUT2D eigenvalue weighted by molar-refractivity contribution is 6.01. The summed E-state index contributed by atoms with van der Waals surface area (Å²) in [7, 11) is 0. The first-order valence-corrected chi connectivity index (χ1v) is 12.4. The molecule has 0 radical (unpaired) electrons. The van der Waals surface area contributed by atoms with Gasteiger partial charge in [-0.15, -0.1) is 0 Å². The van der Waals surface area contributed by atoms with Gasteiger partial charge in [-0.1, -0.05) is 25.8 Å². The predicted molar refractivity (Wildman–Crippen MR) is 138 cm³/mol. The highest BCUT2D eigenvalue weighted by Gasteiger charge is 2.22. The van der Waals surface area contributed by atoms with Crippen molar-refractivity contribution >= 4 is 23.2 Å². The van der Waals surface area contributed by atoms with Gasteiger partial charge in [0.15, 0.2) is 5.82 Å². The Morgan fingerprint density at radius 2 is 1.89 bits per heavy atom. The summed E-state index contributed by atoms with van der Waals surface area (Å²) < 4.78 is 1.74. The van der Waals surface area contributed by atoms with E-state index in [1.54, 1.807) is 16.8 Å². The van der Waals surface area contributed by atoms with E-state index in [4.69, 9.17) is 0 Å². The Balaban J connectivity index is 1.43. The topological polar surface area (TPSA) is 92.1 Å². The van der Waals surface area contributed by atoms with E-state index in [-0.39, 0.29) is 11.8 Å². The van der Waals surface area contributed by atoms with Crippen LogP contribution in [0.1, 0.15) is 60.8 Å². The lowest BCUT2D eigenvalue weighted by Crippen LogP contribution is -2.43. The van der Waals surface area contributed by atoms with Crippen molar-refractivity contribution in [3.05, 3.63) is 65.6 Å². The second-order valence-corrected chi connectivity index (χ2v) is 9.15. The first-order valence-electron chi connectivity index (χ1n) is 12.4. The summed E-state index contributed by atoms with van der Waals surface area (Å²) in [4.78, 5) is 32.8. The van der Waals surface area contributed by atoms with Gasteiger partial charge in [-0.05, 0) is 69.5 Å². The zero-order valence-electron chi connectivity index (χ0n) is 20.8. The van der Waals surface area contributed by atoms with Crippen LogP contribution in [0.3, 0.4) is 0 Å². The van der Waals surface area contributed by atoms with Crippen LogP contribution in [0.15, 0.2) is 48.7 Å². The van der Waals surface area contributed by atoms with Crippen LogP contribution in [0.25, 0.3) is 5.82 Å². The molecule has 184 valence electrons. The number of pyridine rings is 1. The monoisotopic (exact) mass is 474 g/mol. The molecule has 0 spiro atoms. The largest absolute Gasteiger partial charge is 0.371 e. The van der Waals surface area contributed by atoms with E-state index in [2.05, 4.69) is 38.6 Å². The molecule has 1 unspecified atom stereocenters. The van der Waals surface area contributed by atoms with Crippen molar-refractivity contribution in [1.29, 1.82) is 0 Å². The number of benzene rings is 1. The number of carbonyl (C=O) groups is 2. The number of nitrogens with zero attached hydrogens (tertiary/aromatic N) is 4. The number of anilines is 2. The van der Waals surface area contributed by atoms with Crippen molar-refractivity contribution in [2.45, 2.75) is 58.9 Å². The molecule has 0 bridgehead atoms. The third-order valence-electron chi connectivity index (χ3n) is 6.29. The highest BCUT2D eigenvalue weighted by Crippen LogP contribution is 2.23. The van der Waals surface area contributed by atoms with E-state index < -0.39 is 6.04 Å². The molecule has 2 aromatic heterocycles. The van der Waals surface area contributed by atoms with E-state index in [1.807, 2.05) is 38.1 Å². The van der Waals surface area contributed by atoms with E-state index in [0.29, 0.717) is 17.8 Å². The average molecular weight is 475 g/mol. The molecular weight excluding hydrogens is 440 g/mol. The van der Waals surface area contributed by atoms with Crippen molar-refractivity contribution in [3.8, 4) is 5.82 Å². The van der Waals surface area contributed by atoms with Crippen molar-refractivity contribution in [3.63, 3.8) is 0 Å². The van der Waals surface area contributed by atoms with Gasteiger partial charge in [0.25, 0.3) is 5.91 Å². The minimum absolute atomic E-state index is 0.211. The molecular formula is C27H34N6O2. The summed E-state index contributed by atoms with van der Waals surface area (Å²) in [6.07, 6.45) is 6.24. The molecule has 1 saturated heterocycles. The number of aromatic nitrogens is 3. The summed E-state index contributed by atoms with van der Waals surface area (Å²) in [5.41, 5.74) is 4.13. The fourth-order valence-electron chi connectivity index (χ4n) is 4.41. The second-order valence-electron chi connectivity index (χ2n) is 9.15. The lowest BCUT2D eigenvalue weighted by molar-refractivity contribution is -0.118. The SMILES string of the molecule is CCCCC(NC(=O)c1ccc(-n2nc(C)cc2C)nc1)C(=O)Nc1cccc(N2CCCC2)c1. The zero-order chi connectivity index (χ0) is 24.8. The number of hydrogen-bond acceptors (Lipinski definition) is 5. The Labute approximate surface area is 206 Å². The fraction of sp³-hybridized carbons (Fsp3) is 0.407.